The molecule has 0 aliphatic heterocycles. The molecule has 0 amide bonds. The highest BCUT2D eigenvalue weighted by molar-refractivity contribution is 5.19. The Hall–Kier alpha value is -2.12. The molecule has 2 rings (SSSR count). The molecule has 0 spiro atoms. The minimum atomic E-state index is 0.583. The van der Waals surface area contributed by atoms with Crippen LogP contribution in [0, 0.1) is 0 Å². The third-order valence-electron chi connectivity index (χ3n) is 3.30. The lowest BCUT2D eigenvalue weighted by Gasteiger charge is -2.06. The fourth-order valence-corrected chi connectivity index (χ4v) is 2.03. The first-order valence-electron chi connectivity index (χ1n) is 7.85. The molecule has 1 aliphatic carbocycles. The Labute approximate surface area is 135 Å². The van der Waals surface area contributed by atoms with Crippen LogP contribution in [0.2, 0.25) is 0 Å². The van der Waals surface area contributed by atoms with Crippen LogP contribution in [0.1, 0.15) is 18.4 Å². The maximum atomic E-state index is 3.60. The molecule has 0 bridgehead atoms. The van der Waals surface area contributed by atoms with Gasteiger partial charge in [0.1, 0.15) is 0 Å². The SMILES string of the molecule is C=C/C=C\C=C/Cc1ccccc1.CNC1C=CC=CCC1. The van der Waals surface area contributed by atoms with Crippen LogP contribution < -0.4 is 5.32 Å². The van der Waals surface area contributed by atoms with E-state index >= 15 is 0 Å². The van der Waals surface area contributed by atoms with Gasteiger partial charge in [-0.05, 0) is 31.9 Å². The summed E-state index contributed by atoms with van der Waals surface area (Å²) >= 11 is 0. The number of benzene rings is 1. The van der Waals surface area contributed by atoms with E-state index in [2.05, 4.69) is 66.5 Å². The maximum absolute atomic E-state index is 3.60. The molecule has 22 heavy (non-hydrogen) atoms. The Morgan fingerprint density at radius 1 is 1.14 bits per heavy atom. The Morgan fingerprint density at radius 2 is 1.95 bits per heavy atom. The topological polar surface area (TPSA) is 12.0 Å². The first-order valence-corrected chi connectivity index (χ1v) is 7.85. The molecule has 116 valence electrons. The smallest absolute Gasteiger partial charge is 0.0253 e. The van der Waals surface area contributed by atoms with Gasteiger partial charge in [0.05, 0.1) is 0 Å². The summed E-state index contributed by atoms with van der Waals surface area (Å²) in [7, 11) is 2.00. The van der Waals surface area contributed by atoms with E-state index in [-0.39, 0.29) is 0 Å². The predicted molar refractivity (Wildman–Crippen MR) is 99.0 cm³/mol. The van der Waals surface area contributed by atoms with Crippen molar-refractivity contribution in [1.29, 1.82) is 0 Å². The molecule has 0 saturated carbocycles. The maximum Gasteiger partial charge on any atom is 0.0253 e. The van der Waals surface area contributed by atoms with E-state index in [1.807, 2.05) is 31.3 Å². The Bertz CT molecular complexity index is 506. The second-order valence-corrected chi connectivity index (χ2v) is 5.02. The van der Waals surface area contributed by atoms with Crippen molar-refractivity contribution < 1.29 is 0 Å². The highest BCUT2D eigenvalue weighted by atomic mass is 14.9. The third kappa shape index (κ3) is 8.93. The molecule has 1 aromatic carbocycles. The van der Waals surface area contributed by atoms with Crippen molar-refractivity contribution >= 4 is 0 Å². The van der Waals surface area contributed by atoms with E-state index in [1.165, 1.54) is 18.4 Å². The minimum absolute atomic E-state index is 0.583. The van der Waals surface area contributed by atoms with Crippen molar-refractivity contribution in [1.82, 2.24) is 5.32 Å². The van der Waals surface area contributed by atoms with Gasteiger partial charge in [-0.2, -0.15) is 0 Å². The van der Waals surface area contributed by atoms with Gasteiger partial charge in [0.2, 0.25) is 0 Å². The van der Waals surface area contributed by atoms with Crippen LogP contribution in [0.5, 0.6) is 0 Å². The van der Waals surface area contributed by atoms with E-state index in [0.717, 1.165) is 6.42 Å². The van der Waals surface area contributed by atoms with Crippen LogP contribution >= 0.6 is 0 Å². The van der Waals surface area contributed by atoms with E-state index in [9.17, 15) is 0 Å². The van der Waals surface area contributed by atoms with Crippen molar-refractivity contribution in [3.05, 3.63) is 97.2 Å². The molecule has 1 aliphatic rings. The summed E-state index contributed by atoms with van der Waals surface area (Å²) in [5.41, 5.74) is 1.34. The minimum Gasteiger partial charge on any atom is -0.314 e. The Kier molecular flexibility index (Phi) is 10.3. The van der Waals surface area contributed by atoms with Crippen molar-refractivity contribution in [2.75, 3.05) is 7.05 Å². The molecule has 0 fully saturated rings. The third-order valence-corrected chi connectivity index (χ3v) is 3.30. The molecule has 1 aromatic rings. The highest BCUT2D eigenvalue weighted by Crippen LogP contribution is 2.03. The van der Waals surface area contributed by atoms with Crippen molar-refractivity contribution in [2.45, 2.75) is 25.3 Å². The van der Waals surface area contributed by atoms with Crippen LogP contribution in [0.15, 0.2) is 91.6 Å². The summed E-state index contributed by atoms with van der Waals surface area (Å²) in [6.45, 7) is 3.60. The van der Waals surface area contributed by atoms with E-state index < -0.39 is 0 Å². The fraction of sp³-hybridized carbons (Fsp3) is 0.238. The average Bonchev–Trinajstić information content (AvgIpc) is 2.85. The van der Waals surface area contributed by atoms with Crippen molar-refractivity contribution in [3.63, 3.8) is 0 Å². The second-order valence-electron chi connectivity index (χ2n) is 5.02. The number of nitrogens with one attached hydrogen (secondary N) is 1. The number of rotatable bonds is 5. The quantitative estimate of drug-likeness (QED) is 0.753. The van der Waals surface area contributed by atoms with Gasteiger partial charge in [-0.3, -0.25) is 0 Å². The van der Waals surface area contributed by atoms with Crippen LogP contribution in [-0.2, 0) is 6.42 Å². The normalized spacial score (nSPS) is 17.2. The zero-order valence-corrected chi connectivity index (χ0v) is 13.5. The van der Waals surface area contributed by atoms with Crippen LogP contribution in [0.3, 0.4) is 0 Å². The Balaban J connectivity index is 0.000000235. The lowest BCUT2D eigenvalue weighted by molar-refractivity contribution is 0.624. The molecule has 1 N–H and O–H groups in total. The molecule has 0 radical (unpaired) electrons. The summed E-state index contributed by atoms with van der Waals surface area (Å²) in [6.07, 6.45) is 21.9. The zero-order chi connectivity index (χ0) is 15.9. The van der Waals surface area contributed by atoms with Crippen LogP contribution in [-0.4, -0.2) is 13.1 Å². The predicted octanol–water partition coefficient (Wildman–Crippen LogP) is 5.01. The molecular weight excluding hydrogens is 266 g/mol. The van der Waals surface area contributed by atoms with Crippen molar-refractivity contribution in [2.24, 2.45) is 0 Å². The van der Waals surface area contributed by atoms with E-state index in [1.54, 1.807) is 6.08 Å². The van der Waals surface area contributed by atoms with Gasteiger partial charge in [0, 0.05) is 6.04 Å². The first-order chi connectivity index (χ1) is 10.9. The van der Waals surface area contributed by atoms with Gasteiger partial charge in [-0.1, -0.05) is 91.6 Å². The molecule has 0 saturated heterocycles. The first kappa shape index (κ1) is 17.9. The second kappa shape index (κ2) is 12.6. The van der Waals surface area contributed by atoms with Gasteiger partial charge in [-0.25, -0.2) is 0 Å². The molecular formula is C21H27N. The van der Waals surface area contributed by atoms with Gasteiger partial charge in [0.15, 0.2) is 0 Å². The lowest BCUT2D eigenvalue weighted by Crippen LogP contribution is -2.21. The summed E-state index contributed by atoms with van der Waals surface area (Å²) < 4.78 is 0. The van der Waals surface area contributed by atoms with Gasteiger partial charge >= 0.3 is 0 Å². The van der Waals surface area contributed by atoms with Crippen LogP contribution in [0.25, 0.3) is 0 Å². The van der Waals surface area contributed by atoms with Gasteiger partial charge < -0.3 is 5.32 Å². The highest BCUT2D eigenvalue weighted by Gasteiger charge is 1.99. The molecule has 1 unspecified atom stereocenters. The zero-order valence-electron chi connectivity index (χ0n) is 13.5. The molecule has 0 aromatic heterocycles. The summed E-state index contributed by atoms with van der Waals surface area (Å²) in [6, 6.07) is 11.0. The van der Waals surface area contributed by atoms with Crippen molar-refractivity contribution in [3.8, 4) is 0 Å². The van der Waals surface area contributed by atoms with E-state index in [4.69, 9.17) is 0 Å². The van der Waals surface area contributed by atoms with E-state index in [0.29, 0.717) is 6.04 Å². The van der Waals surface area contributed by atoms with Crippen LogP contribution in [0.4, 0.5) is 0 Å². The molecule has 1 heteroatoms. The molecule has 1 atom stereocenters. The molecule has 1 nitrogen and oxygen atoms in total. The lowest BCUT2D eigenvalue weighted by atomic mass is 10.1. The Morgan fingerprint density at radius 3 is 2.68 bits per heavy atom. The number of likely N-dealkylation sites (N-methyl/N-ethyl adjacent to an activating group) is 1. The summed E-state index contributed by atoms with van der Waals surface area (Å²) in [5.74, 6) is 0. The fourth-order valence-electron chi connectivity index (χ4n) is 2.03. The summed E-state index contributed by atoms with van der Waals surface area (Å²) in [4.78, 5) is 0. The number of allylic oxidation sites excluding steroid dienone is 8. The standard InChI is InChI=1S/C13H14.C8H13N/c1-2-3-4-5-7-10-13-11-8-6-9-12-13;1-9-8-6-4-2-3-5-7-8/h2-9,11-12H,1,10H2;2-4,6,8-9H,5,7H2,1H3/b4-3-,7-5-;. The number of hydrogen-bond donors (Lipinski definition) is 1. The molecule has 0 heterocycles. The van der Waals surface area contributed by atoms with Gasteiger partial charge in [0.25, 0.3) is 0 Å². The average molecular weight is 293 g/mol. The largest absolute Gasteiger partial charge is 0.314 e. The monoisotopic (exact) mass is 293 g/mol. The number of hydrogen-bond acceptors (Lipinski definition) is 1. The van der Waals surface area contributed by atoms with Gasteiger partial charge in [-0.15, -0.1) is 0 Å². The summed E-state index contributed by atoms with van der Waals surface area (Å²) in [5, 5.41) is 3.22.